The van der Waals surface area contributed by atoms with Crippen LogP contribution in [0.5, 0.6) is 0 Å². The summed E-state index contributed by atoms with van der Waals surface area (Å²) in [4.78, 5) is 26.9. The number of anilines is 2. The van der Waals surface area contributed by atoms with Crippen LogP contribution in [0.3, 0.4) is 0 Å². The van der Waals surface area contributed by atoms with Gasteiger partial charge in [0.15, 0.2) is 0 Å². The average Bonchev–Trinajstić information content (AvgIpc) is 2.66. The van der Waals surface area contributed by atoms with Crippen molar-refractivity contribution in [3.05, 3.63) is 24.3 Å². The van der Waals surface area contributed by atoms with E-state index >= 15 is 0 Å². The highest BCUT2D eigenvalue weighted by Crippen LogP contribution is 2.30. The topological polar surface area (TPSA) is 40.6 Å². The Morgan fingerprint density at radius 1 is 0.625 bits per heavy atom. The van der Waals surface area contributed by atoms with E-state index in [1.54, 1.807) is 0 Å². The summed E-state index contributed by atoms with van der Waals surface area (Å²) in [5, 5.41) is 0. The van der Waals surface area contributed by atoms with Crippen LogP contribution in [-0.4, -0.2) is 24.9 Å². The summed E-state index contributed by atoms with van der Waals surface area (Å²) >= 11 is 0. The number of benzene rings is 1. The molecule has 2 fully saturated rings. The molecule has 0 saturated heterocycles. The normalized spacial score (nSPS) is 19.7. The van der Waals surface area contributed by atoms with Crippen molar-refractivity contribution in [2.45, 2.75) is 76.3 Å². The molecule has 0 aliphatic heterocycles. The fraction of sp³-hybridized carbons (Fsp3) is 0.600. The number of nitrogens with zero attached hydrogens (tertiary/aromatic N) is 2. The van der Waals surface area contributed by atoms with E-state index in [2.05, 4.69) is 0 Å². The quantitative estimate of drug-likeness (QED) is 0.731. The van der Waals surface area contributed by atoms with Gasteiger partial charge in [-0.2, -0.15) is 0 Å². The molecule has 4 heteroatoms. The Bertz CT molecular complexity index is 482. The van der Waals surface area contributed by atoms with Crippen molar-refractivity contribution in [3.63, 3.8) is 0 Å². The lowest BCUT2D eigenvalue weighted by molar-refractivity contribution is -0.108. The highest BCUT2D eigenvalue weighted by molar-refractivity contribution is 5.80. The van der Waals surface area contributed by atoms with E-state index in [0.717, 1.165) is 49.9 Å². The third-order valence-electron chi connectivity index (χ3n) is 5.61. The lowest BCUT2D eigenvalue weighted by Crippen LogP contribution is -2.36. The van der Waals surface area contributed by atoms with E-state index in [-0.39, 0.29) is 0 Å². The molecular weight excluding hydrogens is 300 g/mol. The number of hydrogen-bond donors (Lipinski definition) is 0. The molecule has 1 aromatic rings. The van der Waals surface area contributed by atoms with Crippen molar-refractivity contribution >= 4 is 24.2 Å². The van der Waals surface area contributed by atoms with Crippen LogP contribution in [0.15, 0.2) is 24.3 Å². The van der Waals surface area contributed by atoms with Crippen LogP contribution < -0.4 is 9.80 Å². The average molecular weight is 328 g/mol. The van der Waals surface area contributed by atoms with Gasteiger partial charge in [-0.15, -0.1) is 0 Å². The molecule has 2 aliphatic rings. The molecule has 0 unspecified atom stereocenters. The van der Waals surface area contributed by atoms with Crippen molar-refractivity contribution in [2.24, 2.45) is 0 Å². The molecule has 2 amide bonds. The molecule has 2 aliphatic carbocycles. The number of rotatable bonds is 6. The molecule has 24 heavy (non-hydrogen) atoms. The van der Waals surface area contributed by atoms with Gasteiger partial charge in [-0.3, -0.25) is 9.59 Å². The minimum atomic E-state index is 0.322. The monoisotopic (exact) mass is 328 g/mol. The molecule has 0 N–H and O–H groups in total. The fourth-order valence-corrected chi connectivity index (χ4v) is 4.23. The molecule has 2 saturated carbocycles. The van der Waals surface area contributed by atoms with Crippen LogP contribution in [0, 0.1) is 0 Å². The molecule has 1 aromatic carbocycles. The Labute approximate surface area is 144 Å². The summed E-state index contributed by atoms with van der Waals surface area (Å²) in [6.07, 6.45) is 13.6. The van der Waals surface area contributed by atoms with Gasteiger partial charge in [0.25, 0.3) is 0 Å². The van der Waals surface area contributed by atoms with Gasteiger partial charge in [0.05, 0.1) is 0 Å². The Hall–Kier alpha value is -1.84. The third-order valence-corrected chi connectivity index (χ3v) is 5.61. The van der Waals surface area contributed by atoms with E-state index in [1.807, 2.05) is 34.1 Å². The van der Waals surface area contributed by atoms with Gasteiger partial charge in [-0.25, -0.2) is 0 Å². The Kier molecular flexibility index (Phi) is 5.89. The lowest BCUT2D eigenvalue weighted by Gasteiger charge is -2.33. The van der Waals surface area contributed by atoms with Crippen molar-refractivity contribution in [2.75, 3.05) is 9.80 Å². The van der Waals surface area contributed by atoms with Crippen LogP contribution in [0.4, 0.5) is 11.4 Å². The fourth-order valence-electron chi connectivity index (χ4n) is 4.23. The zero-order valence-corrected chi connectivity index (χ0v) is 14.4. The van der Waals surface area contributed by atoms with Crippen molar-refractivity contribution in [1.29, 1.82) is 0 Å². The summed E-state index contributed by atoms with van der Waals surface area (Å²) in [6, 6.07) is 8.58. The summed E-state index contributed by atoms with van der Waals surface area (Å²) in [5.74, 6) is 0. The van der Waals surface area contributed by atoms with Crippen LogP contribution in [0.2, 0.25) is 0 Å². The first-order valence-corrected chi connectivity index (χ1v) is 9.41. The number of hydrogen-bond acceptors (Lipinski definition) is 2. The molecule has 130 valence electrons. The predicted molar refractivity (Wildman–Crippen MR) is 97.3 cm³/mol. The maximum Gasteiger partial charge on any atom is 0.214 e. The smallest absolute Gasteiger partial charge is 0.214 e. The van der Waals surface area contributed by atoms with Gasteiger partial charge in [-0.1, -0.05) is 38.5 Å². The first-order chi connectivity index (χ1) is 11.8. The van der Waals surface area contributed by atoms with E-state index in [4.69, 9.17) is 0 Å². The number of carbonyl (C=O) groups is 2. The van der Waals surface area contributed by atoms with E-state index in [0.29, 0.717) is 12.1 Å². The molecule has 0 heterocycles. The molecule has 0 atom stereocenters. The van der Waals surface area contributed by atoms with Crippen molar-refractivity contribution in [1.82, 2.24) is 0 Å². The minimum absolute atomic E-state index is 0.322. The third kappa shape index (κ3) is 3.80. The highest BCUT2D eigenvalue weighted by atomic mass is 16.1. The predicted octanol–water partition coefficient (Wildman–Crippen LogP) is 4.28. The molecule has 3 rings (SSSR count). The van der Waals surface area contributed by atoms with Crippen LogP contribution in [0.1, 0.15) is 64.2 Å². The van der Waals surface area contributed by atoms with Gasteiger partial charge in [0.1, 0.15) is 0 Å². The highest BCUT2D eigenvalue weighted by Gasteiger charge is 2.23. The first-order valence-electron chi connectivity index (χ1n) is 9.41. The van der Waals surface area contributed by atoms with Gasteiger partial charge in [0, 0.05) is 23.5 Å². The lowest BCUT2D eigenvalue weighted by atomic mass is 9.93. The maximum absolute atomic E-state index is 11.6. The summed E-state index contributed by atoms with van der Waals surface area (Å²) in [6.45, 7) is 0. The standard InChI is InChI=1S/C20H28N2O2/c23-15-21(17-7-3-1-4-8-17)19-11-13-20(14-12-19)22(16-24)18-9-5-2-6-10-18/h11-18H,1-10H2. The van der Waals surface area contributed by atoms with Gasteiger partial charge in [0.2, 0.25) is 12.8 Å². The van der Waals surface area contributed by atoms with Gasteiger partial charge >= 0.3 is 0 Å². The summed E-state index contributed by atoms with van der Waals surface area (Å²) in [5.41, 5.74) is 1.88. The Morgan fingerprint density at radius 2 is 0.958 bits per heavy atom. The minimum Gasteiger partial charge on any atom is -0.312 e. The molecule has 4 nitrogen and oxygen atoms in total. The van der Waals surface area contributed by atoms with E-state index in [1.165, 1.54) is 38.5 Å². The van der Waals surface area contributed by atoms with Crippen molar-refractivity contribution < 1.29 is 9.59 Å². The first kappa shape index (κ1) is 17.0. The summed E-state index contributed by atoms with van der Waals surface area (Å²) < 4.78 is 0. The Morgan fingerprint density at radius 3 is 1.25 bits per heavy atom. The zero-order chi connectivity index (χ0) is 16.8. The molecule has 0 radical (unpaired) electrons. The molecular formula is C20H28N2O2. The van der Waals surface area contributed by atoms with E-state index in [9.17, 15) is 9.59 Å². The molecule has 0 aromatic heterocycles. The van der Waals surface area contributed by atoms with Crippen LogP contribution in [0.25, 0.3) is 0 Å². The Balaban J connectivity index is 1.73. The zero-order valence-electron chi connectivity index (χ0n) is 14.4. The number of carbonyl (C=O) groups excluding carboxylic acids is 2. The van der Waals surface area contributed by atoms with Crippen molar-refractivity contribution in [3.8, 4) is 0 Å². The second-order valence-corrected chi connectivity index (χ2v) is 7.13. The second kappa shape index (κ2) is 8.32. The molecule has 0 spiro atoms. The van der Waals surface area contributed by atoms with Crippen LogP contribution >= 0.6 is 0 Å². The van der Waals surface area contributed by atoms with Gasteiger partial charge in [-0.05, 0) is 49.9 Å². The largest absolute Gasteiger partial charge is 0.312 e. The van der Waals surface area contributed by atoms with Crippen LogP contribution in [-0.2, 0) is 9.59 Å². The van der Waals surface area contributed by atoms with Gasteiger partial charge < -0.3 is 9.80 Å². The van der Waals surface area contributed by atoms with E-state index < -0.39 is 0 Å². The maximum atomic E-state index is 11.6. The summed E-state index contributed by atoms with van der Waals surface area (Å²) in [7, 11) is 0. The molecule has 0 bridgehead atoms. The number of amides is 2. The SMILES string of the molecule is O=CN(c1ccc(N(C=O)C2CCCCC2)cc1)C1CCCCC1. The second-order valence-electron chi connectivity index (χ2n) is 7.13.